The lowest BCUT2D eigenvalue weighted by molar-refractivity contribution is -0.234. The average molecular weight is 160 g/mol. The largest absolute Gasteiger partial charge is 0.283 e. The maximum atomic E-state index is 12.3. The van der Waals surface area contributed by atoms with Crippen molar-refractivity contribution in [2.75, 3.05) is 32.9 Å². The summed E-state index contributed by atoms with van der Waals surface area (Å²) in [6, 6.07) is 0. The highest BCUT2D eigenvalue weighted by atomic mass is 19.1. The van der Waals surface area contributed by atoms with Gasteiger partial charge in [0.05, 0.1) is 0 Å². The third-order valence-corrected chi connectivity index (χ3v) is 2.15. The third-order valence-electron chi connectivity index (χ3n) is 2.15. The Bertz CT molecular complexity index is 134. The molecule has 0 radical (unpaired) electrons. The summed E-state index contributed by atoms with van der Waals surface area (Å²) in [4.78, 5) is 7.28. The standard InChI is InChI=1S/C7H13FN2O/c8-7-4-9(5-7)6-11-10-2-1-3-10/h7H,1-6H2. The summed E-state index contributed by atoms with van der Waals surface area (Å²) in [5.74, 6) is 0. The molecule has 2 aliphatic heterocycles. The second-order valence-corrected chi connectivity index (χ2v) is 3.17. The molecule has 2 fully saturated rings. The maximum Gasteiger partial charge on any atom is 0.126 e. The van der Waals surface area contributed by atoms with Crippen molar-refractivity contribution in [3.05, 3.63) is 0 Å². The predicted octanol–water partition coefficient (Wildman–Crippen LogP) is 0.235. The highest BCUT2D eigenvalue weighted by Crippen LogP contribution is 2.12. The summed E-state index contributed by atoms with van der Waals surface area (Å²) in [5, 5.41) is 1.92. The van der Waals surface area contributed by atoms with Crippen LogP contribution in [0, 0.1) is 0 Å². The molecule has 11 heavy (non-hydrogen) atoms. The molecule has 64 valence electrons. The monoisotopic (exact) mass is 160 g/mol. The molecule has 0 spiro atoms. The fraction of sp³-hybridized carbons (Fsp3) is 1.00. The molecule has 0 amide bonds. The second-order valence-electron chi connectivity index (χ2n) is 3.17. The van der Waals surface area contributed by atoms with Gasteiger partial charge >= 0.3 is 0 Å². The number of nitrogens with zero attached hydrogens (tertiary/aromatic N) is 2. The number of likely N-dealkylation sites (tertiary alicyclic amines) is 1. The molecule has 2 saturated heterocycles. The minimum Gasteiger partial charge on any atom is -0.283 e. The highest BCUT2D eigenvalue weighted by Gasteiger charge is 2.27. The van der Waals surface area contributed by atoms with Gasteiger partial charge in [0.15, 0.2) is 0 Å². The van der Waals surface area contributed by atoms with E-state index in [1.807, 2.05) is 9.96 Å². The quantitative estimate of drug-likeness (QED) is 0.588. The van der Waals surface area contributed by atoms with E-state index in [0.717, 1.165) is 13.1 Å². The summed E-state index contributed by atoms with van der Waals surface area (Å²) in [5.41, 5.74) is 0. The molecule has 4 heteroatoms. The normalized spacial score (nSPS) is 28.1. The maximum absolute atomic E-state index is 12.3. The number of rotatable bonds is 3. The Morgan fingerprint density at radius 2 is 2.09 bits per heavy atom. The van der Waals surface area contributed by atoms with Gasteiger partial charge in [-0.2, -0.15) is 5.06 Å². The molecular formula is C7H13FN2O. The third kappa shape index (κ3) is 1.69. The Balaban J connectivity index is 1.53. The Hall–Kier alpha value is -0.190. The van der Waals surface area contributed by atoms with Crippen LogP contribution in [0.3, 0.4) is 0 Å². The number of halogens is 1. The first-order chi connectivity index (χ1) is 5.34. The Morgan fingerprint density at radius 1 is 1.36 bits per heavy atom. The number of hydroxylamine groups is 2. The number of alkyl halides is 1. The first kappa shape index (κ1) is 7.46. The molecular weight excluding hydrogens is 147 g/mol. The van der Waals surface area contributed by atoms with Gasteiger partial charge in [0.25, 0.3) is 0 Å². The fourth-order valence-corrected chi connectivity index (χ4v) is 1.19. The van der Waals surface area contributed by atoms with E-state index >= 15 is 0 Å². The molecule has 0 aromatic carbocycles. The van der Waals surface area contributed by atoms with E-state index in [-0.39, 0.29) is 0 Å². The van der Waals surface area contributed by atoms with Gasteiger partial charge in [0.2, 0.25) is 0 Å². The van der Waals surface area contributed by atoms with Crippen LogP contribution in [-0.4, -0.2) is 49.0 Å². The van der Waals surface area contributed by atoms with Gasteiger partial charge in [0, 0.05) is 26.2 Å². The van der Waals surface area contributed by atoms with Crippen molar-refractivity contribution in [2.45, 2.75) is 12.6 Å². The lowest BCUT2D eigenvalue weighted by atomic mass is 10.2. The van der Waals surface area contributed by atoms with Crippen LogP contribution >= 0.6 is 0 Å². The Labute approximate surface area is 65.7 Å². The van der Waals surface area contributed by atoms with Crippen LogP contribution < -0.4 is 0 Å². The van der Waals surface area contributed by atoms with Gasteiger partial charge in [-0.1, -0.05) is 0 Å². The molecule has 2 rings (SSSR count). The molecule has 0 aromatic rings. The molecule has 3 nitrogen and oxygen atoms in total. The summed E-state index contributed by atoms with van der Waals surface area (Å²) in [7, 11) is 0. The second kappa shape index (κ2) is 3.05. The van der Waals surface area contributed by atoms with E-state index in [4.69, 9.17) is 4.84 Å². The van der Waals surface area contributed by atoms with Gasteiger partial charge in [0.1, 0.15) is 12.9 Å². The highest BCUT2D eigenvalue weighted by molar-refractivity contribution is 4.76. The van der Waals surface area contributed by atoms with Crippen molar-refractivity contribution in [2.24, 2.45) is 0 Å². The van der Waals surface area contributed by atoms with E-state index in [0.29, 0.717) is 19.8 Å². The van der Waals surface area contributed by atoms with Gasteiger partial charge in [-0.25, -0.2) is 4.39 Å². The van der Waals surface area contributed by atoms with Crippen molar-refractivity contribution in [3.8, 4) is 0 Å². The minimum absolute atomic E-state index is 0.549. The fourth-order valence-electron chi connectivity index (χ4n) is 1.19. The van der Waals surface area contributed by atoms with Crippen LogP contribution in [0.5, 0.6) is 0 Å². The minimum atomic E-state index is -0.616. The van der Waals surface area contributed by atoms with Crippen molar-refractivity contribution < 1.29 is 9.23 Å². The zero-order chi connectivity index (χ0) is 7.68. The van der Waals surface area contributed by atoms with Crippen LogP contribution in [-0.2, 0) is 4.84 Å². The van der Waals surface area contributed by atoms with Crippen molar-refractivity contribution in [3.63, 3.8) is 0 Å². The molecule has 0 saturated carbocycles. The van der Waals surface area contributed by atoms with E-state index in [9.17, 15) is 4.39 Å². The van der Waals surface area contributed by atoms with Crippen molar-refractivity contribution in [1.82, 2.24) is 9.96 Å². The average Bonchev–Trinajstić information content (AvgIpc) is 1.80. The van der Waals surface area contributed by atoms with Gasteiger partial charge < -0.3 is 0 Å². The number of hydrogen-bond donors (Lipinski definition) is 0. The van der Waals surface area contributed by atoms with Gasteiger partial charge in [-0.3, -0.25) is 9.74 Å². The van der Waals surface area contributed by atoms with Crippen LogP contribution in [0.4, 0.5) is 4.39 Å². The molecule has 0 N–H and O–H groups in total. The zero-order valence-corrected chi connectivity index (χ0v) is 6.50. The van der Waals surface area contributed by atoms with E-state index in [1.54, 1.807) is 0 Å². The lowest BCUT2D eigenvalue weighted by Gasteiger charge is -2.37. The summed E-state index contributed by atoms with van der Waals surface area (Å²) in [6.45, 7) is 3.74. The van der Waals surface area contributed by atoms with Crippen LogP contribution in [0.1, 0.15) is 6.42 Å². The molecule has 2 aliphatic rings. The van der Waals surface area contributed by atoms with E-state index in [1.165, 1.54) is 6.42 Å². The van der Waals surface area contributed by atoms with E-state index < -0.39 is 6.17 Å². The smallest absolute Gasteiger partial charge is 0.126 e. The summed E-state index contributed by atoms with van der Waals surface area (Å²) in [6.07, 6.45) is 0.612. The first-order valence-corrected chi connectivity index (χ1v) is 4.09. The Kier molecular flexibility index (Phi) is 2.07. The summed E-state index contributed by atoms with van der Waals surface area (Å²) >= 11 is 0. The van der Waals surface area contributed by atoms with Gasteiger partial charge in [-0.05, 0) is 6.42 Å². The topological polar surface area (TPSA) is 15.7 Å². The SMILES string of the molecule is FC1CN(CON2CCC2)C1. The van der Waals surface area contributed by atoms with Crippen LogP contribution in [0.25, 0.3) is 0 Å². The predicted molar refractivity (Wildman–Crippen MR) is 38.6 cm³/mol. The van der Waals surface area contributed by atoms with Crippen molar-refractivity contribution in [1.29, 1.82) is 0 Å². The zero-order valence-electron chi connectivity index (χ0n) is 6.50. The van der Waals surface area contributed by atoms with Gasteiger partial charge in [-0.15, -0.1) is 0 Å². The molecule has 0 bridgehead atoms. The lowest BCUT2D eigenvalue weighted by Crippen LogP contribution is -2.51. The molecule has 0 unspecified atom stereocenters. The Morgan fingerprint density at radius 3 is 2.55 bits per heavy atom. The van der Waals surface area contributed by atoms with E-state index in [2.05, 4.69) is 0 Å². The summed E-state index contributed by atoms with van der Waals surface area (Å²) < 4.78 is 12.3. The van der Waals surface area contributed by atoms with Crippen molar-refractivity contribution >= 4 is 0 Å². The first-order valence-electron chi connectivity index (χ1n) is 4.09. The molecule has 2 heterocycles. The molecule has 0 aliphatic carbocycles. The van der Waals surface area contributed by atoms with Crippen LogP contribution in [0.15, 0.2) is 0 Å². The molecule has 0 atom stereocenters. The molecule has 0 aromatic heterocycles. The number of hydrogen-bond acceptors (Lipinski definition) is 3. The van der Waals surface area contributed by atoms with Crippen LogP contribution in [0.2, 0.25) is 0 Å².